The minimum absolute atomic E-state index is 0. The number of thioether (sulfide) groups is 1. The molecule has 0 radical (unpaired) electrons. The van der Waals surface area contributed by atoms with Crippen molar-refractivity contribution in [3.05, 3.63) is 47.8 Å². The van der Waals surface area contributed by atoms with Crippen LogP contribution in [-0.2, 0) is 38.5 Å². The Kier molecular flexibility index (Phi) is 8.06. The molecule has 4 amide bonds. The van der Waals surface area contributed by atoms with Gasteiger partial charge in [-0.2, -0.15) is 0 Å². The number of nitrogens with one attached hydrogen (secondary N) is 4. The summed E-state index contributed by atoms with van der Waals surface area (Å²) in [6.45, 7) is 3.71. The SMILES string of the molecule is CC1(C)S[C@@H]2[C@H](NC(=O)[C@H](NC(=O)NCc3[c-]nn[nH]3)c3ccccc3)C(=O)N2[C@H]1C(O)O.[Au+]. The smallest absolute Gasteiger partial charge is 0.366 e. The van der Waals surface area contributed by atoms with Crippen molar-refractivity contribution in [1.82, 2.24) is 36.3 Å². The Bertz CT molecular complexity index is 1020. The van der Waals surface area contributed by atoms with E-state index in [0.717, 1.165) is 0 Å². The van der Waals surface area contributed by atoms with E-state index in [1.54, 1.807) is 30.3 Å². The predicted molar refractivity (Wildman–Crippen MR) is 116 cm³/mol. The largest absolute Gasteiger partial charge is 1.00 e. The number of hydrogen-bond acceptors (Lipinski definition) is 8. The monoisotopic (exact) mass is 671 g/mol. The van der Waals surface area contributed by atoms with E-state index in [2.05, 4.69) is 37.6 Å². The standard InChI is InChI=1S/C20H24N7O5S.Au/c1-20(2)14(18(30)31)27-16(29)13(17(27)33-20)23-15(28)12(10-6-4-3-5-7-10)24-19(32)21-8-11-9-22-26-25-11;/h3-7,12-14,17-18,30-31H,8H2,1-2H3,(H,23,28)(H2,21,24,32)(H,22,25,26);/q-1;+1/t12-,13-,14+,17-;/m1./s1. The molecule has 0 saturated carbocycles. The Hall–Kier alpha value is -2.42. The fourth-order valence-electron chi connectivity index (χ4n) is 4.07. The number of rotatable bonds is 7. The number of β-lactam (4-membered cyclic amide) rings is 1. The molecule has 2 fully saturated rings. The average molecular weight is 671 g/mol. The number of hydrogen-bond donors (Lipinski definition) is 6. The zero-order valence-corrected chi connectivity index (χ0v) is 21.1. The first kappa shape index (κ1) is 26.2. The van der Waals surface area contributed by atoms with Crippen LogP contribution in [0, 0.1) is 6.20 Å². The van der Waals surface area contributed by atoms with Crippen LogP contribution in [0.15, 0.2) is 30.3 Å². The molecule has 1 aromatic carbocycles. The molecule has 12 nitrogen and oxygen atoms in total. The summed E-state index contributed by atoms with van der Waals surface area (Å²) in [6, 6.07) is 5.35. The number of aromatic amines is 1. The molecule has 0 aliphatic carbocycles. The minimum Gasteiger partial charge on any atom is -0.366 e. The van der Waals surface area contributed by atoms with Crippen LogP contribution in [0.1, 0.15) is 31.1 Å². The number of nitrogens with zero attached hydrogens (tertiary/aromatic N) is 3. The summed E-state index contributed by atoms with van der Waals surface area (Å²) in [5.74, 6) is -0.960. The summed E-state index contributed by atoms with van der Waals surface area (Å²) in [5.41, 5.74) is 0.999. The number of carbonyl (C=O) groups excluding carboxylic acids is 3. The van der Waals surface area contributed by atoms with Crippen LogP contribution in [0.25, 0.3) is 0 Å². The van der Waals surface area contributed by atoms with Crippen LogP contribution in [0.2, 0.25) is 0 Å². The number of aliphatic hydroxyl groups excluding tert-OH is 1. The van der Waals surface area contributed by atoms with Gasteiger partial charge >= 0.3 is 28.4 Å². The normalized spacial score (nSPS) is 23.4. The summed E-state index contributed by atoms with van der Waals surface area (Å²) in [6.07, 6.45) is 0.875. The van der Waals surface area contributed by atoms with Gasteiger partial charge in [0.15, 0.2) is 6.29 Å². The van der Waals surface area contributed by atoms with Gasteiger partial charge in [-0.05, 0) is 19.4 Å². The van der Waals surface area contributed by atoms with Gasteiger partial charge in [0.2, 0.25) is 11.8 Å². The van der Waals surface area contributed by atoms with E-state index in [9.17, 15) is 24.6 Å². The minimum atomic E-state index is -1.69. The van der Waals surface area contributed by atoms with E-state index < -0.39 is 52.4 Å². The van der Waals surface area contributed by atoms with Crippen molar-refractivity contribution < 1.29 is 47.0 Å². The van der Waals surface area contributed by atoms with Crippen LogP contribution in [0.3, 0.4) is 0 Å². The second-order valence-electron chi connectivity index (χ2n) is 8.27. The van der Waals surface area contributed by atoms with E-state index in [1.807, 2.05) is 13.8 Å². The maximum atomic E-state index is 13.2. The molecule has 2 aromatic rings. The van der Waals surface area contributed by atoms with Crippen molar-refractivity contribution >= 4 is 29.6 Å². The van der Waals surface area contributed by atoms with Gasteiger partial charge in [0.1, 0.15) is 17.5 Å². The number of aromatic nitrogens is 3. The first-order chi connectivity index (χ1) is 15.7. The molecule has 14 heteroatoms. The molecule has 4 atom stereocenters. The van der Waals surface area contributed by atoms with E-state index in [4.69, 9.17) is 0 Å². The molecule has 2 aliphatic heterocycles. The average Bonchev–Trinajstić information content (AvgIpc) is 3.38. The van der Waals surface area contributed by atoms with Crippen molar-refractivity contribution in [2.75, 3.05) is 0 Å². The van der Waals surface area contributed by atoms with Gasteiger partial charge in [0.25, 0.3) is 0 Å². The van der Waals surface area contributed by atoms with Crippen LogP contribution >= 0.6 is 11.8 Å². The number of benzene rings is 1. The third-order valence-corrected chi connectivity index (χ3v) is 7.20. The van der Waals surface area contributed by atoms with Crippen molar-refractivity contribution in [2.24, 2.45) is 0 Å². The third-order valence-electron chi connectivity index (χ3n) is 5.61. The van der Waals surface area contributed by atoms with Crippen LogP contribution in [0.5, 0.6) is 0 Å². The number of H-pyrrole nitrogens is 1. The van der Waals surface area contributed by atoms with E-state index in [0.29, 0.717) is 11.3 Å². The summed E-state index contributed by atoms with van der Waals surface area (Å²) in [7, 11) is 0. The summed E-state index contributed by atoms with van der Waals surface area (Å²) >= 11 is 1.39. The summed E-state index contributed by atoms with van der Waals surface area (Å²) < 4.78 is -0.608. The number of amides is 4. The van der Waals surface area contributed by atoms with Crippen molar-refractivity contribution in [1.29, 1.82) is 0 Å². The van der Waals surface area contributed by atoms with Crippen molar-refractivity contribution in [3.63, 3.8) is 0 Å². The molecule has 186 valence electrons. The molecular formula is C20H24AuN7O5S. The number of carbonyl (C=O) groups is 3. The number of fused-ring (bicyclic) bond motifs is 1. The predicted octanol–water partition coefficient (Wildman–Crippen LogP) is -0.999. The van der Waals surface area contributed by atoms with Crippen LogP contribution in [-0.4, -0.2) is 76.9 Å². The van der Waals surface area contributed by atoms with E-state index >= 15 is 0 Å². The molecule has 1 aromatic heterocycles. The van der Waals surface area contributed by atoms with Gasteiger partial charge in [-0.3, -0.25) is 14.7 Å². The molecule has 4 rings (SSSR count). The molecule has 6 N–H and O–H groups in total. The van der Waals surface area contributed by atoms with Crippen molar-refractivity contribution in [2.45, 2.75) is 54.9 Å². The Balaban J connectivity index is 0.00000324. The molecule has 0 unspecified atom stereocenters. The Labute approximate surface area is 215 Å². The second-order valence-corrected chi connectivity index (χ2v) is 10.0. The van der Waals surface area contributed by atoms with Gasteiger partial charge in [0, 0.05) is 11.3 Å². The van der Waals surface area contributed by atoms with Gasteiger partial charge in [-0.1, -0.05) is 30.3 Å². The van der Waals surface area contributed by atoms with E-state index in [1.165, 1.54) is 16.7 Å². The van der Waals surface area contributed by atoms with Crippen LogP contribution in [0.4, 0.5) is 4.79 Å². The Morgan fingerprint density at radius 1 is 1.29 bits per heavy atom. The zero-order valence-electron chi connectivity index (χ0n) is 18.2. The first-order valence-electron chi connectivity index (χ1n) is 10.2. The third kappa shape index (κ3) is 5.14. The molecule has 3 heterocycles. The second kappa shape index (κ2) is 10.5. The maximum absolute atomic E-state index is 13.2. The number of urea groups is 1. The first-order valence-corrected chi connectivity index (χ1v) is 11.1. The van der Waals surface area contributed by atoms with E-state index in [-0.39, 0.29) is 28.9 Å². The molecule has 0 spiro atoms. The fraction of sp³-hybridized carbons (Fsp3) is 0.450. The summed E-state index contributed by atoms with van der Waals surface area (Å²) in [4.78, 5) is 39.8. The van der Waals surface area contributed by atoms with Gasteiger partial charge in [0.05, 0.1) is 6.04 Å². The molecule has 2 saturated heterocycles. The molecule has 34 heavy (non-hydrogen) atoms. The Morgan fingerprint density at radius 3 is 2.62 bits per heavy atom. The summed E-state index contributed by atoms with van der Waals surface area (Å²) in [5, 5.41) is 36.6. The quantitative estimate of drug-likeness (QED) is 0.0942. The van der Waals surface area contributed by atoms with Gasteiger partial charge < -0.3 is 42.4 Å². The van der Waals surface area contributed by atoms with Crippen LogP contribution < -0.4 is 16.0 Å². The molecule has 0 bridgehead atoms. The molecule has 2 aliphatic rings. The fourth-order valence-corrected chi connectivity index (χ4v) is 5.73. The topological polar surface area (TPSA) is 173 Å². The van der Waals surface area contributed by atoms with Gasteiger partial charge in [-0.15, -0.1) is 22.7 Å². The van der Waals surface area contributed by atoms with Crippen molar-refractivity contribution in [3.8, 4) is 0 Å². The van der Waals surface area contributed by atoms with Gasteiger partial charge in [-0.25, -0.2) is 4.79 Å². The number of aliphatic hydroxyl groups is 2. The Morgan fingerprint density at radius 2 is 2.00 bits per heavy atom. The molecular weight excluding hydrogens is 647 g/mol. The zero-order chi connectivity index (χ0) is 23.8. The maximum Gasteiger partial charge on any atom is 1.00 e.